The second-order valence-electron chi connectivity index (χ2n) is 8.84. The number of fused-ring (bicyclic) bond motifs is 5. The van der Waals surface area contributed by atoms with Crippen LogP contribution in [0.3, 0.4) is 0 Å². The van der Waals surface area contributed by atoms with Gasteiger partial charge in [-0.05, 0) is 63.0 Å². The molecule has 8 heteroatoms. The first kappa shape index (κ1) is 21.6. The van der Waals surface area contributed by atoms with Crippen molar-refractivity contribution >= 4 is 15.9 Å². The summed E-state index contributed by atoms with van der Waals surface area (Å²) in [5.41, 5.74) is 1.17. The highest BCUT2D eigenvalue weighted by Gasteiger charge is 2.39. The molecule has 30 heavy (non-hydrogen) atoms. The third-order valence-electron chi connectivity index (χ3n) is 6.61. The van der Waals surface area contributed by atoms with Crippen LogP contribution in [0.5, 0.6) is 5.75 Å². The van der Waals surface area contributed by atoms with Crippen LogP contribution >= 0.6 is 0 Å². The van der Waals surface area contributed by atoms with Crippen molar-refractivity contribution in [3.05, 3.63) is 29.8 Å². The number of hydrogen-bond acceptors (Lipinski definition) is 5. The van der Waals surface area contributed by atoms with Crippen LogP contribution in [0.1, 0.15) is 56.9 Å². The van der Waals surface area contributed by atoms with Gasteiger partial charge in [-0.1, -0.05) is 18.2 Å². The molecule has 2 fully saturated rings. The highest BCUT2D eigenvalue weighted by atomic mass is 32.2. The van der Waals surface area contributed by atoms with Crippen LogP contribution in [-0.4, -0.2) is 62.9 Å². The van der Waals surface area contributed by atoms with Crippen molar-refractivity contribution in [3.63, 3.8) is 0 Å². The molecule has 1 aliphatic carbocycles. The van der Waals surface area contributed by atoms with Crippen molar-refractivity contribution in [1.29, 1.82) is 0 Å². The lowest BCUT2D eigenvalue weighted by Gasteiger charge is -2.42. The number of ether oxygens (including phenoxy) is 2. The predicted molar refractivity (Wildman–Crippen MR) is 114 cm³/mol. The first-order valence-corrected chi connectivity index (χ1v) is 12.9. The number of nitrogens with zero attached hydrogens (tertiary/aromatic N) is 1. The third kappa shape index (κ3) is 4.81. The van der Waals surface area contributed by atoms with Crippen molar-refractivity contribution in [2.24, 2.45) is 0 Å². The molecule has 1 N–H and O–H groups in total. The van der Waals surface area contributed by atoms with Gasteiger partial charge < -0.3 is 14.4 Å². The highest BCUT2D eigenvalue weighted by Crippen LogP contribution is 2.39. The fraction of sp³-hybridized carbons (Fsp3) is 0.682. The SMILES string of the molecule is C[C@H]1Oc2ccccc2C2CCC(CC2)OCC2[C@@H](NS(C)(=O)=O)CCCN2C1=O. The third-order valence-corrected chi connectivity index (χ3v) is 7.35. The molecular formula is C22H32N2O5S. The lowest BCUT2D eigenvalue weighted by molar-refractivity contribution is -0.145. The molecule has 3 aliphatic heterocycles. The molecule has 0 radical (unpaired) electrons. The zero-order valence-corrected chi connectivity index (χ0v) is 18.6. The number of rotatable bonds is 2. The molecule has 1 aromatic carbocycles. The molecule has 1 saturated carbocycles. The molecule has 1 unspecified atom stereocenters. The van der Waals surface area contributed by atoms with Gasteiger partial charge in [0.25, 0.3) is 5.91 Å². The van der Waals surface area contributed by atoms with Crippen molar-refractivity contribution in [2.45, 2.75) is 75.7 Å². The Morgan fingerprint density at radius 3 is 2.57 bits per heavy atom. The Balaban J connectivity index is 1.65. The maximum Gasteiger partial charge on any atom is 0.263 e. The van der Waals surface area contributed by atoms with Gasteiger partial charge in [-0.25, -0.2) is 13.1 Å². The number of benzene rings is 1. The van der Waals surface area contributed by atoms with Gasteiger partial charge in [0, 0.05) is 12.6 Å². The number of amides is 1. The summed E-state index contributed by atoms with van der Waals surface area (Å²) in [5, 5.41) is 0. The van der Waals surface area contributed by atoms with Crippen LogP contribution in [0, 0.1) is 0 Å². The van der Waals surface area contributed by atoms with Crippen molar-refractivity contribution in [3.8, 4) is 5.75 Å². The molecule has 0 spiro atoms. The second kappa shape index (κ2) is 8.85. The van der Waals surface area contributed by atoms with E-state index in [1.807, 2.05) is 18.2 Å². The molecule has 5 rings (SSSR count). The van der Waals surface area contributed by atoms with Gasteiger partial charge in [0.15, 0.2) is 6.10 Å². The number of carbonyl (C=O) groups excluding carboxylic acids is 1. The lowest BCUT2D eigenvalue weighted by Crippen LogP contribution is -2.60. The summed E-state index contributed by atoms with van der Waals surface area (Å²) in [4.78, 5) is 15.1. The average Bonchev–Trinajstić information content (AvgIpc) is 2.72. The first-order valence-electron chi connectivity index (χ1n) is 11.0. The molecule has 1 amide bonds. The summed E-state index contributed by atoms with van der Waals surface area (Å²) in [5.74, 6) is 1.07. The van der Waals surface area contributed by atoms with E-state index in [9.17, 15) is 13.2 Å². The minimum Gasteiger partial charge on any atom is -0.481 e. The van der Waals surface area contributed by atoms with Crippen molar-refractivity contribution in [2.75, 3.05) is 19.4 Å². The molecule has 2 bridgehead atoms. The van der Waals surface area contributed by atoms with Gasteiger partial charge in [0.05, 0.1) is 25.0 Å². The van der Waals surface area contributed by atoms with Crippen molar-refractivity contribution in [1.82, 2.24) is 9.62 Å². The Hall–Kier alpha value is -1.64. The fourth-order valence-electron chi connectivity index (χ4n) is 5.12. The van der Waals surface area contributed by atoms with Crippen LogP contribution in [0.2, 0.25) is 0 Å². The van der Waals surface area contributed by atoms with E-state index in [1.165, 1.54) is 5.56 Å². The van der Waals surface area contributed by atoms with Gasteiger partial charge in [-0.15, -0.1) is 0 Å². The average molecular weight is 437 g/mol. The number of sulfonamides is 1. The number of para-hydroxylation sites is 1. The summed E-state index contributed by atoms with van der Waals surface area (Å²) >= 11 is 0. The van der Waals surface area contributed by atoms with E-state index in [-0.39, 0.29) is 24.1 Å². The Morgan fingerprint density at radius 1 is 1.10 bits per heavy atom. The minimum atomic E-state index is -3.39. The summed E-state index contributed by atoms with van der Waals surface area (Å²) in [6.45, 7) is 2.70. The van der Waals surface area contributed by atoms with Gasteiger partial charge in [0.2, 0.25) is 10.0 Å². The Labute approximate surface area is 179 Å². The van der Waals surface area contributed by atoms with Gasteiger partial charge in [-0.2, -0.15) is 0 Å². The minimum absolute atomic E-state index is 0.120. The molecule has 7 nitrogen and oxygen atoms in total. The van der Waals surface area contributed by atoms with E-state index in [0.717, 1.165) is 44.1 Å². The zero-order chi connectivity index (χ0) is 21.3. The molecular weight excluding hydrogens is 404 g/mol. The second-order valence-corrected chi connectivity index (χ2v) is 10.6. The standard InChI is InChI=1S/C22H32N2O5S/c1-15-22(25)24-13-5-7-19(23-30(2,26)27)20(24)14-28-17-11-9-16(10-12-17)18-6-3-4-8-21(18)29-15/h3-4,6,8,15-17,19-20,23H,5,7,9-14H2,1-2H3/t15-,16?,17?,19+,20?/m1/s1. The summed E-state index contributed by atoms with van der Waals surface area (Å²) in [6.07, 6.45) is 6.05. The van der Waals surface area contributed by atoms with Gasteiger partial charge in [-0.3, -0.25) is 4.79 Å². The smallest absolute Gasteiger partial charge is 0.263 e. The van der Waals surface area contributed by atoms with Gasteiger partial charge in [0.1, 0.15) is 5.75 Å². The van der Waals surface area contributed by atoms with E-state index in [4.69, 9.17) is 9.47 Å². The predicted octanol–water partition coefficient (Wildman–Crippen LogP) is 2.42. The van der Waals surface area contributed by atoms with Gasteiger partial charge >= 0.3 is 0 Å². The summed E-state index contributed by atoms with van der Waals surface area (Å²) < 4.78 is 39.0. The van der Waals surface area contributed by atoms with Crippen LogP contribution in [0.25, 0.3) is 0 Å². The fourth-order valence-corrected chi connectivity index (χ4v) is 5.95. The topological polar surface area (TPSA) is 84.9 Å². The molecule has 3 atom stereocenters. The Bertz CT molecular complexity index is 866. The largest absolute Gasteiger partial charge is 0.481 e. The number of hydrogen-bond donors (Lipinski definition) is 1. The van der Waals surface area contributed by atoms with E-state index >= 15 is 0 Å². The first-order chi connectivity index (χ1) is 14.3. The van der Waals surface area contributed by atoms with Crippen LogP contribution in [0.4, 0.5) is 0 Å². The van der Waals surface area contributed by atoms with Crippen LogP contribution < -0.4 is 9.46 Å². The number of nitrogens with one attached hydrogen (secondary N) is 1. The maximum atomic E-state index is 13.3. The summed E-state index contributed by atoms with van der Waals surface area (Å²) in [6, 6.07) is 7.34. The number of piperidine rings is 1. The lowest BCUT2D eigenvalue weighted by atomic mass is 9.82. The van der Waals surface area contributed by atoms with E-state index in [2.05, 4.69) is 10.8 Å². The molecule has 1 aromatic rings. The summed E-state index contributed by atoms with van der Waals surface area (Å²) in [7, 11) is -3.39. The maximum absolute atomic E-state index is 13.3. The molecule has 4 aliphatic rings. The Morgan fingerprint density at radius 2 is 1.83 bits per heavy atom. The zero-order valence-electron chi connectivity index (χ0n) is 17.7. The van der Waals surface area contributed by atoms with Crippen LogP contribution in [-0.2, 0) is 19.6 Å². The normalized spacial score (nSPS) is 32.8. The molecule has 3 heterocycles. The highest BCUT2D eigenvalue weighted by molar-refractivity contribution is 7.88. The quantitative estimate of drug-likeness (QED) is 0.770. The monoisotopic (exact) mass is 436 g/mol. The Kier molecular flexibility index (Phi) is 6.36. The molecule has 166 valence electrons. The van der Waals surface area contributed by atoms with E-state index in [1.54, 1.807) is 11.8 Å². The van der Waals surface area contributed by atoms with Crippen LogP contribution in [0.15, 0.2) is 24.3 Å². The molecule has 0 aromatic heterocycles. The van der Waals surface area contributed by atoms with E-state index in [0.29, 0.717) is 25.5 Å². The number of carbonyl (C=O) groups is 1. The van der Waals surface area contributed by atoms with E-state index < -0.39 is 16.1 Å². The van der Waals surface area contributed by atoms with Crippen molar-refractivity contribution < 1.29 is 22.7 Å². The molecule has 1 saturated heterocycles.